The molecular formula is C11H13NO. The van der Waals surface area contributed by atoms with Gasteiger partial charge in [0.2, 0.25) is 5.91 Å². The minimum absolute atomic E-state index is 0.161. The summed E-state index contributed by atoms with van der Waals surface area (Å²) in [6.07, 6.45) is 1.50. The Morgan fingerprint density at radius 2 is 2.08 bits per heavy atom. The molecule has 1 aromatic carbocycles. The lowest BCUT2D eigenvalue weighted by Gasteiger charge is -2.05. The number of hydrogen-bond acceptors (Lipinski definition) is 1. The molecule has 0 fully saturated rings. The van der Waals surface area contributed by atoms with Gasteiger partial charge >= 0.3 is 0 Å². The van der Waals surface area contributed by atoms with Crippen LogP contribution in [0.5, 0.6) is 0 Å². The van der Waals surface area contributed by atoms with E-state index in [0.717, 1.165) is 6.42 Å². The molecule has 0 unspecified atom stereocenters. The quantitative estimate of drug-likeness (QED) is 0.637. The van der Waals surface area contributed by atoms with E-state index in [1.165, 1.54) is 16.7 Å². The molecule has 1 amide bonds. The number of carbonyl (C=O) groups excluding carboxylic acids is 1. The summed E-state index contributed by atoms with van der Waals surface area (Å²) >= 11 is 0. The van der Waals surface area contributed by atoms with Crippen molar-refractivity contribution in [3.05, 3.63) is 34.9 Å². The second kappa shape index (κ2) is 3.21. The number of rotatable bonds is 0. The van der Waals surface area contributed by atoms with E-state index in [1.54, 1.807) is 0 Å². The standard InChI is InChI=1S/C11H13NO/c1-8-2-3-10-7-12-11(13)5-4-9(10)6-8/h2-3,6H,4-5,7H2,1H3,(H,12,13). The molecule has 2 nitrogen and oxygen atoms in total. The Labute approximate surface area is 78.0 Å². The Morgan fingerprint density at radius 3 is 2.92 bits per heavy atom. The molecule has 2 rings (SSSR count). The van der Waals surface area contributed by atoms with Gasteiger partial charge in [0, 0.05) is 13.0 Å². The first-order chi connectivity index (χ1) is 6.25. The number of benzene rings is 1. The summed E-state index contributed by atoms with van der Waals surface area (Å²) in [6.45, 7) is 2.77. The van der Waals surface area contributed by atoms with E-state index in [4.69, 9.17) is 0 Å². The van der Waals surface area contributed by atoms with E-state index in [2.05, 4.69) is 30.4 Å². The molecule has 0 radical (unpaired) electrons. The number of nitrogens with one attached hydrogen (secondary N) is 1. The monoisotopic (exact) mass is 175 g/mol. The molecule has 68 valence electrons. The van der Waals surface area contributed by atoms with Gasteiger partial charge in [-0.25, -0.2) is 0 Å². The minimum atomic E-state index is 0.161. The average molecular weight is 175 g/mol. The van der Waals surface area contributed by atoms with E-state index < -0.39 is 0 Å². The summed E-state index contributed by atoms with van der Waals surface area (Å²) in [5, 5.41) is 2.88. The van der Waals surface area contributed by atoms with Crippen LogP contribution in [0, 0.1) is 6.92 Å². The lowest BCUT2D eigenvalue weighted by molar-refractivity contribution is -0.121. The highest BCUT2D eigenvalue weighted by atomic mass is 16.1. The van der Waals surface area contributed by atoms with Crippen molar-refractivity contribution in [3.63, 3.8) is 0 Å². The molecular weight excluding hydrogens is 162 g/mol. The topological polar surface area (TPSA) is 29.1 Å². The van der Waals surface area contributed by atoms with Crippen molar-refractivity contribution in [2.45, 2.75) is 26.3 Å². The van der Waals surface area contributed by atoms with Crippen molar-refractivity contribution >= 4 is 5.91 Å². The molecule has 0 saturated carbocycles. The zero-order valence-corrected chi connectivity index (χ0v) is 7.76. The van der Waals surface area contributed by atoms with Crippen molar-refractivity contribution in [1.29, 1.82) is 0 Å². The number of hydrogen-bond donors (Lipinski definition) is 1. The van der Waals surface area contributed by atoms with Crippen molar-refractivity contribution in [2.75, 3.05) is 0 Å². The first-order valence-corrected chi connectivity index (χ1v) is 4.61. The molecule has 1 aliphatic heterocycles. The largest absolute Gasteiger partial charge is 0.352 e. The predicted octanol–water partition coefficient (Wildman–Crippen LogP) is 1.56. The molecule has 0 aromatic heterocycles. The third kappa shape index (κ3) is 1.72. The van der Waals surface area contributed by atoms with E-state index in [9.17, 15) is 4.79 Å². The van der Waals surface area contributed by atoms with Gasteiger partial charge in [-0.05, 0) is 24.5 Å². The maximum absolute atomic E-state index is 11.1. The fraction of sp³-hybridized carbons (Fsp3) is 0.364. The zero-order valence-electron chi connectivity index (χ0n) is 7.76. The minimum Gasteiger partial charge on any atom is -0.352 e. The average Bonchev–Trinajstić information content (AvgIpc) is 2.29. The summed E-state index contributed by atoms with van der Waals surface area (Å²) in [5.74, 6) is 0.161. The Hall–Kier alpha value is -1.31. The van der Waals surface area contributed by atoms with Crippen molar-refractivity contribution in [1.82, 2.24) is 5.32 Å². The second-order valence-corrected chi connectivity index (χ2v) is 3.55. The number of aryl methyl sites for hydroxylation is 2. The van der Waals surface area contributed by atoms with Crippen LogP contribution in [-0.2, 0) is 17.8 Å². The van der Waals surface area contributed by atoms with E-state index in [-0.39, 0.29) is 5.91 Å². The van der Waals surface area contributed by atoms with Crippen molar-refractivity contribution in [2.24, 2.45) is 0 Å². The van der Waals surface area contributed by atoms with Gasteiger partial charge in [0.25, 0.3) is 0 Å². The van der Waals surface area contributed by atoms with Crippen molar-refractivity contribution < 1.29 is 4.79 Å². The Bertz CT molecular complexity index is 344. The molecule has 0 spiro atoms. The molecule has 1 N–H and O–H groups in total. The fourth-order valence-electron chi connectivity index (χ4n) is 1.69. The van der Waals surface area contributed by atoms with Crippen LogP contribution in [0.25, 0.3) is 0 Å². The van der Waals surface area contributed by atoms with Crippen LogP contribution in [0.1, 0.15) is 23.1 Å². The summed E-state index contributed by atoms with van der Waals surface area (Å²) in [5.41, 5.74) is 3.85. The van der Waals surface area contributed by atoms with Crippen LogP contribution in [0.4, 0.5) is 0 Å². The summed E-state index contributed by atoms with van der Waals surface area (Å²) < 4.78 is 0. The highest BCUT2D eigenvalue weighted by Gasteiger charge is 2.11. The molecule has 2 heteroatoms. The first-order valence-electron chi connectivity index (χ1n) is 4.61. The molecule has 1 aliphatic rings. The summed E-state index contributed by atoms with van der Waals surface area (Å²) in [6, 6.07) is 6.38. The lowest BCUT2D eigenvalue weighted by atomic mass is 10.0. The van der Waals surface area contributed by atoms with Gasteiger partial charge in [-0.3, -0.25) is 4.79 Å². The molecule has 0 aliphatic carbocycles. The number of amides is 1. The lowest BCUT2D eigenvalue weighted by Crippen LogP contribution is -2.20. The highest BCUT2D eigenvalue weighted by molar-refractivity contribution is 5.76. The van der Waals surface area contributed by atoms with Crippen LogP contribution >= 0.6 is 0 Å². The van der Waals surface area contributed by atoms with Gasteiger partial charge in [-0.1, -0.05) is 23.8 Å². The number of fused-ring (bicyclic) bond motifs is 1. The Balaban J connectivity index is 2.35. The Morgan fingerprint density at radius 1 is 1.23 bits per heavy atom. The SMILES string of the molecule is Cc1ccc2c(c1)CCC(=O)NC2. The van der Waals surface area contributed by atoms with Gasteiger partial charge in [-0.2, -0.15) is 0 Å². The maximum atomic E-state index is 11.1. The van der Waals surface area contributed by atoms with Crippen LogP contribution in [0.2, 0.25) is 0 Å². The number of carbonyl (C=O) groups is 1. The third-order valence-electron chi connectivity index (χ3n) is 2.46. The zero-order chi connectivity index (χ0) is 9.26. The van der Waals surface area contributed by atoms with Gasteiger partial charge in [0.15, 0.2) is 0 Å². The molecule has 0 bridgehead atoms. The predicted molar refractivity (Wildman–Crippen MR) is 51.3 cm³/mol. The van der Waals surface area contributed by atoms with E-state index in [1.807, 2.05) is 0 Å². The normalized spacial score (nSPS) is 15.9. The molecule has 0 saturated heterocycles. The summed E-state index contributed by atoms with van der Waals surface area (Å²) in [7, 11) is 0. The Kier molecular flexibility index (Phi) is 2.05. The second-order valence-electron chi connectivity index (χ2n) is 3.55. The molecule has 13 heavy (non-hydrogen) atoms. The van der Waals surface area contributed by atoms with E-state index in [0.29, 0.717) is 13.0 Å². The van der Waals surface area contributed by atoms with Gasteiger partial charge in [-0.15, -0.1) is 0 Å². The first kappa shape index (κ1) is 8.30. The van der Waals surface area contributed by atoms with Crippen molar-refractivity contribution in [3.8, 4) is 0 Å². The fourth-order valence-corrected chi connectivity index (χ4v) is 1.69. The highest BCUT2D eigenvalue weighted by Crippen LogP contribution is 2.16. The van der Waals surface area contributed by atoms with E-state index >= 15 is 0 Å². The van der Waals surface area contributed by atoms with Crippen LogP contribution in [0.3, 0.4) is 0 Å². The summed E-state index contributed by atoms with van der Waals surface area (Å²) in [4.78, 5) is 11.1. The molecule has 1 aromatic rings. The van der Waals surface area contributed by atoms with Crippen LogP contribution in [-0.4, -0.2) is 5.91 Å². The van der Waals surface area contributed by atoms with Crippen LogP contribution in [0.15, 0.2) is 18.2 Å². The smallest absolute Gasteiger partial charge is 0.220 e. The van der Waals surface area contributed by atoms with Gasteiger partial charge in [0.1, 0.15) is 0 Å². The van der Waals surface area contributed by atoms with Gasteiger partial charge < -0.3 is 5.32 Å². The molecule has 0 atom stereocenters. The van der Waals surface area contributed by atoms with Crippen LogP contribution < -0.4 is 5.32 Å². The van der Waals surface area contributed by atoms with Gasteiger partial charge in [0.05, 0.1) is 0 Å². The molecule has 1 heterocycles. The maximum Gasteiger partial charge on any atom is 0.220 e. The third-order valence-corrected chi connectivity index (χ3v) is 2.46.